The van der Waals surface area contributed by atoms with E-state index < -0.39 is 41.4 Å². The Morgan fingerprint density at radius 2 is 2.21 bits per heavy atom. The normalized spacial score (nSPS) is 38.3. The van der Waals surface area contributed by atoms with Crippen LogP contribution in [0.2, 0.25) is 0 Å². The summed E-state index contributed by atoms with van der Waals surface area (Å²) in [6, 6.07) is 0. The van der Waals surface area contributed by atoms with Crippen LogP contribution in [0.4, 0.5) is 0 Å². The predicted octanol–water partition coefficient (Wildman–Crippen LogP) is 0.129. The molecule has 100 valence electrons. The quantitative estimate of drug-likeness (QED) is 0.312. The van der Waals surface area contributed by atoms with E-state index in [0.717, 1.165) is 0 Å². The highest BCUT2D eigenvalue weighted by molar-refractivity contribution is 5.99. The molecule has 3 aliphatic heterocycles. The summed E-state index contributed by atoms with van der Waals surface area (Å²) in [4.78, 5) is 34.7. The molecule has 3 aliphatic rings. The van der Waals surface area contributed by atoms with Crippen LogP contribution in [0.5, 0.6) is 0 Å². The molecule has 3 heterocycles. The fourth-order valence-electron chi connectivity index (χ4n) is 2.77. The topological polar surface area (TPSA) is 78.9 Å². The van der Waals surface area contributed by atoms with Crippen LogP contribution in [-0.2, 0) is 28.6 Å². The maximum Gasteiger partial charge on any atom is 0.333 e. The fourth-order valence-corrected chi connectivity index (χ4v) is 2.77. The predicted molar refractivity (Wildman–Crippen MR) is 60.6 cm³/mol. The van der Waals surface area contributed by atoms with Gasteiger partial charge in [0.2, 0.25) is 0 Å². The van der Waals surface area contributed by atoms with E-state index in [1.807, 2.05) is 0 Å². The maximum atomic E-state index is 11.7. The second kappa shape index (κ2) is 3.77. The SMILES string of the molecule is C=C(C)C(=O)OCC12C=CC(O1)C1C(=O)OC(=O)C12. The van der Waals surface area contributed by atoms with Crippen LogP contribution >= 0.6 is 0 Å². The molecule has 19 heavy (non-hydrogen) atoms. The van der Waals surface area contributed by atoms with Gasteiger partial charge in [0, 0.05) is 5.57 Å². The van der Waals surface area contributed by atoms with Crippen molar-refractivity contribution in [3.63, 3.8) is 0 Å². The van der Waals surface area contributed by atoms with Crippen LogP contribution in [0, 0.1) is 11.8 Å². The first-order valence-electron chi connectivity index (χ1n) is 5.90. The lowest BCUT2D eigenvalue weighted by atomic mass is 9.77. The summed E-state index contributed by atoms with van der Waals surface area (Å²) in [5.74, 6) is -3.10. The Morgan fingerprint density at radius 3 is 2.89 bits per heavy atom. The first kappa shape index (κ1) is 12.1. The fraction of sp³-hybridized carbons (Fsp3) is 0.462. The summed E-state index contributed by atoms with van der Waals surface area (Å²) in [7, 11) is 0. The van der Waals surface area contributed by atoms with Crippen molar-refractivity contribution in [3.05, 3.63) is 24.3 Å². The van der Waals surface area contributed by atoms with E-state index in [0.29, 0.717) is 0 Å². The van der Waals surface area contributed by atoms with E-state index >= 15 is 0 Å². The zero-order valence-corrected chi connectivity index (χ0v) is 10.3. The number of esters is 3. The number of carbonyl (C=O) groups excluding carboxylic acids is 3. The largest absolute Gasteiger partial charge is 0.459 e. The molecule has 4 unspecified atom stereocenters. The van der Waals surface area contributed by atoms with E-state index in [1.165, 1.54) is 6.92 Å². The second-order valence-electron chi connectivity index (χ2n) is 5.00. The highest BCUT2D eigenvalue weighted by atomic mass is 16.6. The van der Waals surface area contributed by atoms with Gasteiger partial charge in [0.25, 0.3) is 0 Å². The van der Waals surface area contributed by atoms with Crippen molar-refractivity contribution in [2.24, 2.45) is 11.8 Å². The van der Waals surface area contributed by atoms with Gasteiger partial charge in [-0.25, -0.2) is 4.79 Å². The van der Waals surface area contributed by atoms with Crippen LogP contribution in [-0.4, -0.2) is 36.2 Å². The molecule has 0 amide bonds. The number of cyclic esters (lactones) is 2. The van der Waals surface area contributed by atoms with Crippen LogP contribution in [0.25, 0.3) is 0 Å². The highest BCUT2D eigenvalue weighted by Crippen LogP contribution is 2.51. The summed E-state index contributed by atoms with van der Waals surface area (Å²) in [6.45, 7) is 4.87. The molecule has 2 fully saturated rings. The van der Waals surface area contributed by atoms with Gasteiger partial charge in [0.05, 0.1) is 6.10 Å². The smallest absolute Gasteiger partial charge is 0.333 e. The van der Waals surface area contributed by atoms with Gasteiger partial charge in [-0.2, -0.15) is 0 Å². The molecule has 6 heteroatoms. The van der Waals surface area contributed by atoms with E-state index in [-0.39, 0.29) is 12.2 Å². The lowest BCUT2D eigenvalue weighted by Crippen LogP contribution is -2.42. The minimum Gasteiger partial charge on any atom is -0.459 e. The summed E-state index contributed by atoms with van der Waals surface area (Å²) in [6.07, 6.45) is 2.90. The van der Waals surface area contributed by atoms with Crippen LogP contribution < -0.4 is 0 Å². The molecule has 0 spiro atoms. The molecule has 0 aromatic rings. The molecule has 0 aromatic heterocycles. The van der Waals surface area contributed by atoms with E-state index in [2.05, 4.69) is 11.3 Å². The Hall–Kier alpha value is -1.95. The van der Waals surface area contributed by atoms with Gasteiger partial charge in [-0.15, -0.1) is 0 Å². The van der Waals surface area contributed by atoms with Gasteiger partial charge in [0.1, 0.15) is 24.0 Å². The van der Waals surface area contributed by atoms with Gasteiger partial charge in [-0.3, -0.25) is 9.59 Å². The number of ether oxygens (including phenoxy) is 3. The molecule has 4 atom stereocenters. The molecule has 0 saturated carbocycles. The molecule has 0 aromatic carbocycles. The first-order valence-corrected chi connectivity index (χ1v) is 5.90. The van der Waals surface area contributed by atoms with E-state index in [9.17, 15) is 14.4 Å². The molecular weight excluding hydrogens is 252 g/mol. The van der Waals surface area contributed by atoms with Crippen LogP contribution in [0.1, 0.15) is 6.92 Å². The minimum absolute atomic E-state index is 0.130. The Labute approximate surface area is 109 Å². The lowest BCUT2D eigenvalue weighted by Gasteiger charge is -2.26. The monoisotopic (exact) mass is 264 g/mol. The number of fused-ring (bicyclic) bond motifs is 5. The Bertz CT molecular complexity index is 533. The van der Waals surface area contributed by atoms with Crippen molar-refractivity contribution in [1.29, 1.82) is 0 Å². The summed E-state index contributed by atoms with van der Waals surface area (Å²) in [5, 5.41) is 0. The summed E-state index contributed by atoms with van der Waals surface area (Å²) in [5.41, 5.74) is -0.821. The summed E-state index contributed by atoms with van der Waals surface area (Å²) >= 11 is 0. The van der Waals surface area contributed by atoms with Gasteiger partial charge in [-0.05, 0) is 13.0 Å². The minimum atomic E-state index is -1.08. The van der Waals surface area contributed by atoms with Gasteiger partial charge in [0.15, 0.2) is 0 Å². The molecule has 2 bridgehead atoms. The number of rotatable bonds is 3. The maximum absolute atomic E-state index is 11.7. The van der Waals surface area contributed by atoms with Gasteiger partial charge in [-0.1, -0.05) is 12.7 Å². The zero-order valence-electron chi connectivity index (χ0n) is 10.3. The van der Waals surface area contributed by atoms with Crippen LogP contribution in [0.15, 0.2) is 24.3 Å². The third-order valence-corrected chi connectivity index (χ3v) is 3.67. The number of carbonyl (C=O) groups is 3. The third kappa shape index (κ3) is 1.56. The standard InChI is InChI=1S/C13H12O6/c1-6(2)10(14)17-5-13-4-3-7(19-13)8-9(13)12(16)18-11(8)15/h3-4,7-9H,1,5H2,2H3. The Kier molecular flexibility index (Phi) is 2.40. The van der Waals surface area contributed by atoms with Crippen molar-refractivity contribution in [1.82, 2.24) is 0 Å². The molecule has 0 N–H and O–H groups in total. The Balaban J connectivity index is 1.82. The summed E-state index contributed by atoms with van der Waals surface area (Å²) < 4.78 is 15.4. The Morgan fingerprint density at radius 1 is 1.47 bits per heavy atom. The molecule has 2 saturated heterocycles. The second-order valence-corrected chi connectivity index (χ2v) is 5.00. The van der Waals surface area contributed by atoms with Crippen molar-refractivity contribution < 1.29 is 28.6 Å². The lowest BCUT2D eigenvalue weighted by molar-refractivity contribution is -0.162. The van der Waals surface area contributed by atoms with E-state index in [4.69, 9.17) is 9.47 Å². The van der Waals surface area contributed by atoms with Crippen LogP contribution in [0.3, 0.4) is 0 Å². The molecule has 0 radical (unpaired) electrons. The van der Waals surface area contributed by atoms with Crippen molar-refractivity contribution in [3.8, 4) is 0 Å². The van der Waals surface area contributed by atoms with Gasteiger partial charge >= 0.3 is 17.9 Å². The third-order valence-electron chi connectivity index (χ3n) is 3.67. The van der Waals surface area contributed by atoms with E-state index in [1.54, 1.807) is 12.2 Å². The molecule has 3 rings (SSSR count). The average Bonchev–Trinajstić information content (AvgIpc) is 2.98. The molecular formula is C13H12O6. The average molecular weight is 264 g/mol. The number of hydrogen-bond acceptors (Lipinski definition) is 6. The first-order chi connectivity index (χ1) is 8.94. The van der Waals surface area contributed by atoms with Crippen molar-refractivity contribution in [2.75, 3.05) is 6.61 Å². The van der Waals surface area contributed by atoms with Gasteiger partial charge < -0.3 is 14.2 Å². The van der Waals surface area contributed by atoms with Crippen molar-refractivity contribution in [2.45, 2.75) is 18.6 Å². The molecule has 0 aliphatic carbocycles. The van der Waals surface area contributed by atoms with Crippen molar-refractivity contribution >= 4 is 17.9 Å². The highest BCUT2D eigenvalue weighted by Gasteiger charge is 2.67. The molecule has 6 nitrogen and oxygen atoms in total. The number of hydrogen-bond donors (Lipinski definition) is 0. The zero-order chi connectivity index (χ0) is 13.8.